The first kappa shape index (κ1) is 17.7. The molecule has 0 aliphatic rings. The van der Waals surface area contributed by atoms with Gasteiger partial charge in [-0.15, -0.1) is 0 Å². The van der Waals surface area contributed by atoms with Crippen LogP contribution < -0.4 is 5.32 Å². The number of halogens is 2. The Morgan fingerprint density at radius 2 is 1.71 bits per heavy atom. The molecule has 2 aromatic carbocycles. The van der Waals surface area contributed by atoms with Crippen LogP contribution in [0.1, 0.15) is 16.1 Å². The molecule has 2 heterocycles. The molecule has 0 fully saturated rings. The van der Waals surface area contributed by atoms with Crippen LogP contribution in [0.3, 0.4) is 0 Å². The van der Waals surface area contributed by atoms with Gasteiger partial charge >= 0.3 is 0 Å². The molecule has 0 saturated carbocycles. The van der Waals surface area contributed by atoms with Crippen LogP contribution in [-0.2, 0) is 0 Å². The summed E-state index contributed by atoms with van der Waals surface area (Å²) < 4.78 is 30.6. The number of benzene rings is 2. The first-order valence-electron chi connectivity index (χ1n) is 8.59. The van der Waals surface area contributed by atoms with E-state index in [9.17, 15) is 13.6 Å². The van der Waals surface area contributed by atoms with Crippen molar-refractivity contribution >= 4 is 11.6 Å². The van der Waals surface area contributed by atoms with Crippen LogP contribution in [0, 0.1) is 18.6 Å². The van der Waals surface area contributed by atoms with Gasteiger partial charge in [0.05, 0.1) is 17.1 Å². The van der Waals surface area contributed by atoms with Gasteiger partial charge in [0.25, 0.3) is 5.91 Å². The van der Waals surface area contributed by atoms with Gasteiger partial charge in [0.15, 0.2) is 5.82 Å². The predicted octanol–water partition coefficient (Wildman–Crippen LogP) is 4.50. The maximum Gasteiger partial charge on any atom is 0.261 e. The van der Waals surface area contributed by atoms with Crippen LogP contribution in [0.15, 0.2) is 73.1 Å². The summed E-state index contributed by atoms with van der Waals surface area (Å²) in [7, 11) is 0. The van der Waals surface area contributed by atoms with Crippen LogP contribution >= 0.6 is 0 Å². The monoisotopic (exact) mass is 378 g/mol. The molecule has 4 aromatic rings. The summed E-state index contributed by atoms with van der Waals surface area (Å²) in [4.78, 5) is 13.0. The van der Waals surface area contributed by atoms with Crippen molar-refractivity contribution in [2.24, 2.45) is 0 Å². The molecule has 0 aliphatic heterocycles. The van der Waals surface area contributed by atoms with E-state index >= 15 is 0 Å². The lowest BCUT2D eigenvalue weighted by molar-refractivity contribution is 0.102. The van der Waals surface area contributed by atoms with E-state index in [4.69, 9.17) is 0 Å². The summed E-state index contributed by atoms with van der Waals surface area (Å²) in [5.41, 5.74) is 1.45. The van der Waals surface area contributed by atoms with E-state index in [0.717, 1.165) is 17.8 Å². The average molecular weight is 378 g/mol. The highest BCUT2D eigenvalue weighted by Gasteiger charge is 2.24. The fourth-order valence-electron chi connectivity index (χ4n) is 3.02. The second-order valence-corrected chi connectivity index (χ2v) is 6.20. The SMILES string of the molecule is Cc1nn(-c2ccccc2)c(-n2cccc2)c1C(=O)Nc1ccc(F)cc1F. The van der Waals surface area contributed by atoms with E-state index < -0.39 is 17.5 Å². The lowest BCUT2D eigenvalue weighted by atomic mass is 10.2. The maximum absolute atomic E-state index is 14.0. The molecule has 0 spiro atoms. The molecule has 5 nitrogen and oxygen atoms in total. The number of carbonyl (C=O) groups is 1. The molecule has 0 bridgehead atoms. The minimum atomic E-state index is -0.844. The normalized spacial score (nSPS) is 10.8. The molecule has 0 unspecified atom stereocenters. The maximum atomic E-state index is 14.0. The number of nitrogens with one attached hydrogen (secondary N) is 1. The highest BCUT2D eigenvalue weighted by atomic mass is 19.1. The van der Waals surface area contributed by atoms with Crippen LogP contribution in [-0.4, -0.2) is 20.3 Å². The third-order valence-corrected chi connectivity index (χ3v) is 4.29. The van der Waals surface area contributed by atoms with Gasteiger partial charge in [-0.05, 0) is 43.3 Å². The van der Waals surface area contributed by atoms with Crippen molar-refractivity contribution in [1.82, 2.24) is 14.3 Å². The number of amides is 1. The molecule has 4 rings (SSSR count). The van der Waals surface area contributed by atoms with Gasteiger partial charge < -0.3 is 9.88 Å². The summed E-state index contributed by atoms with van der Waals surface area (Å²) in [6.07, 6.45) is 3.59. The first-order chi connectivity index (χ1) is 13.5. The summed E-state index contributed by atoms with van der Waals surface area (Å²) in [6, 6.07) is 16.1. The van der Waals surface area contributed by atoms with Gasteiger partial charge in [-0.25, -0.2) is 13.5 Å². The minimum Gasteiger partial charge on any atom is -0.319 e. The molecule has 0 atom stereocenters. The molecular formula is C21H16F2N4O. The number of hydrogen-bond donors (Lipinski definition) is 1. The van der Waals surface area contributed by atoms with E-state index in [1.165, 1.54) is 6.07 Å². The second kappa shape index (κ2) is 7.11. The molecule has 0 radical (unpaired) electrons. The number of aromatic nitrogens is 3. The third kappa shape index (κ3) is 3.18. The van der Waals surface area contributed by atoms with Gasteiger partial charge in [0.2, 0.25) is 0 Å². The number of para-hydroxylation sites is 1. The van der Waals surface area contributed by atoms with E-state index in [-0.39, 0.29) is 5.69 Å². The predicted molar refractivity (Wildman–Crippen MR) is 102 cm³/mol. The van der Waals surface area contributed by atoms with Gasteiger partial charge in [-0.3, -0.25) is 4.79 Å². The van der Waals surface area contributed by atoms with Gasteiger partial charge in [-0.2, -0.15) is 5.10 Å². The van der Waals surface area contributed by atoms with Crippen LogP contribution in [0.25, 0.3) is 11.5 Å². The number of carbonyl (C=O) groups excluding carboxylic acids is 1. The highest BCUT2D eigenvalue weighted by Crippen LogP contribution is 2.25. The third-order valence-electron chi connectivity index (χ3n) is 4.29. The zero-order valence-electron chi connectivity index (χ0n) is 14.9. The van der Waals surface area contributed by atoms with Crippen molar-refractivity contribution in [3.8, 4) is 11.5 Å². The topological polar surface area (TPSA) is 51.9 Å². The largest absolute Gasteiger partial charge is 0.319 e. The molecule has 0 aliphatic carbocycles. The van der Waals surface area contributed by atoms with Crippen molar-refractivity contribution < 1.29 is 13.6 Å². The van der Waals surface area contributed by atoms with Crippen molar-refractivity contribution in [2.75, 3.05) is 5.32 Å². The zero-order chi connectivity index (χ0) is 19.7. The molecule has 1 N–H and O–H groups in total. The lowest BCUT2D eigenvalue weighted by Gasteiger charge is -2.11. The Morgan fingerprint density at radius 3 is 2.39 bits per heavy atom. The molecule has 2 aromatic heterocycles. The Kier molecular flexibility index (Phi) is 4.49. The number of nitrogens with zero attached hydrogens (tertiary/aromatic N) is 3. The van der Waals surface area contributed by atoms with Crippen molar-refractivity contribution in [3.63, 3.8) is 0 Å². The number of aryl methyl sites for hydroxylation is 1. The summed E-state index contributed by atoms with van der Waals surface area (Å²) in [5, 5.41) is 7.03. The van der Waals surface area contributed by atoms with Crippen LogP contribution in [0.4, 0.5) is 14.5 Å². The highest BCUT2D eigenvalue weighted by molar-refractivity contribution is 6.07. The quantitative estimate of drug-likeness (QED) is 0.568. The fourth-order valence-corrected chi connectivity index (χ4v) is 3.02. The van der Waals surface area contributed by atoms with Crippen LogP contribution in [0.2, 0.25) is 0 Å². The lowest BCUT2D eigenvalue weighted by Crippen LogP contribution is -2.17. The van der Waals surface area contributed by atoms with E-state index in [0.29, 0.717) is 17.1 Å². The average Bonchev–Trinajstić information content (AvgIpc) is 3.32. The fraction of sp³-hybridized carbons (Fsp3) is 0.0476. The Hall–Kier alpha value is -3.74. The van der Waals surface area contributed by atoms with Crippen LogP contribution in [0.5, 0.6) is 0 Å². The van der Waals surface area contributed by atoms with E-state index in [1.54, 1.807) is 28.6 Å². The van der Waals surface area contributed by atoms with Crippen molar-refractivity contribution in [1.29, 1.82) is 0 Å². The molecule has 28 heavy (non-hydrogen) atoms. The van der Waals surface area contributed by atoms with E-state index in [1.807, 2.05) is 42.5 Å². The summed E-state index contributed by atoms with van der Waals surface area (Å²) >= 11 is 0. The van der Waals surface area contributed by atoms with Gasteiger partial charge in [0, 0.05) is 18.5 Å². The first-order valence-corrected chi connectivity index (χ1v) is 8.59. The van der Waals surface area contributed by atoms with Gasteiger partial charge in [-0.1, -0.05) is 18.2 Å². The molecular weight excluding hydrogens is 362 g/mol. The van der Waals surface area contributed by atoms with Crippen molar-refractivity contribution in [3.05, 3.63) is 95.9 Å². The summed E-state index contributed by atoms with van der Waals surface area (Å²) in [6.45, 7) is 1.71. The Balaban J connectivity index is 1.82. The number of rotatable bonds is 4. The summed E-state index contributed by atoms with van der Waals surface area (Å²) in [5.74, 6) is -1.57. The number of hydrogen-bond acceptors (Lipinski definition) is 2. The molecule has 1 amide bonds. The van der Waals surface area contributed by atoms with Gasteiger partial charge in [0.1, 0.15) is 17.2 Å². The molecule has 7 heteroatoms. The number of anilines is 1. The Bertz CT molecular complexity index is 1130. The molecule has 140 valence electrons. The Morgan fingerprint density at radius 1 is 1.00 bits per heavy atom. The second-order valence-electron chi connectivity index (χ2n) is 6.20. The minimum absolute atomic E-state index is 0.100. The van der Waals surface area contributed by atoms with Crippen molar-refractivity contribution in [2.45, 2.75) is 6.92 Å². The standard InChI is InChI=1S/C21H16F2N4O/c1-14-19(20(28)24-18-10-9-15(22)13-17(18)23)21(26-11-5-6-12-26)27(25-14)16-7-3-2-4-8-16/h2-13H,1H3,(H,24,28). The molecule has 0 saturated heterocycles. The Labute approximate surface area is 159 Å². The smallest absolute Gasteiger partial charge is 0.261 e. The zero-order valence-corrected chi connectivity index (χ0v) is 14.9. The van der Waals surface area contributed by atoms with E-state index in [2.05, 4.69) is 10.4 Å².